The average Bonchev–Trinajstić information content (AvgIpc) is 3.16. The number of urea groups is 1. The van der Waals surface area contributed by atoms with Gasteiger partial charge in [-0.2, -0.15) is 4.98 Å². The van der Waals surface area contributed by atoms with E-state index in [0.29, 0.717) is 11.7 Å². The second-order valence-electron chi connectivity index (χ2n) is 6.69. The van der Waals surface area contributed by atoms with Crippen LogP contribution in [0.1, 0.15) is 45.2 Å². The van der Waals surface area contributed by atoms with Gasteiger partial charge in [0, 0.05) is 5.41 Å². The molecule has 0 radical (unpaired) electrons. The zero-order chi connectivity index (χ0) is 16.8. The predicted octanol–water partition coefficient (Wildman–Crippen LogP) is 1.93. The third-order valence-electron chi connectivity index (χ3n) is 3.70. The third-order valence-corrected chi connectivity index (χ3v) is 3.70. The molecule has 0 aliphatic carbocycles. The van der Waals surface area contributed by atoms with E-state index in [2.05, 4.69) is 15.5 Å². The molecule has 3 rings (SSSR count). The Morgan fingerprint density at radius 3 is 2.65 bits per heavy atom. The molecule has 8 nitrogen and oxygen atoms in total. The number of nitrogens with zero attached hydrogens (tertiary/aromatic N) is 3. The van der Waals surface area contributed by atoms with Crippen LogP contribution >= 0.6 is 0 Å². The summed E-state index contributed by atoms with van der Waals surface area (Å²) in [4.78, 5) is 30.1. The van der Waals surface area contributed by atoms with Crippen molar-refractivity contribution in [2.24, 2.45) is 0 Å². The molecular formula is C15H18N4O4. The van der Waals surface area contributed by atoms with Crippen molar-refractivity contribution in [3.8, 4) is 0 Å². The van der Waals surface area contributed by atoms with Gasteiger partial charge in [0.15, 0.2) is 11.4 Å². The summed E-state index contributed by atoms with van der Waals surface area (Å²) in [5, 5.41) is 6.49. The Bertz CT molecular complexity index is 744. The van der Waals surface area contributed by atoms with E-state index in [4.69, 9.17) is 8.94 Å². The molecule has 1 aliphatic rings. The highest BCUT2D eigenvalue weighted by atomic mass is 16.5. The largest absolute Gasteiger partial charge is 0.466 e. The molecule has 2 aromatic rings. The molecule has 0 saturated carbocycles. The van der Waals surface area contributed by atoms with E-state index in [1.165, 1.54) is 6.26 Å². The molecular weight excluding hydrogens is 300 g/mol. The zero-order valence-corrected chi connectivity index (χ0v) is 13.4. The van der Waals surface area contributed by atoms with Crippen LogP contribution in [0.2, 0.25) is 0 Å². The number of carbonyl (C=O) groups is 2. The van der Waals surface area contributed by atoms with Crippen molar-refractivity contribution in [3.05, 3.63) is 35.9 Å². The molecule has 1 saturated heterocycles. The molecule has 3 heterocycles. The van der Waals surface area contributed by atoms with Gasteiger partial charge in [0.1, 0.15) is 5.76 Å². The summed E-state index contributed by atoms with van der Waals surface area (Å²) in [6.07, 6.45) is 1.46. The van der Waals surface area contributed by atoms with Crippen molar-refractivity contribution >= 4 is 11.9 Å². The molecule has 3 amide bonds. The molecule has 0 spiro atoms. The number of rotatable bonds is 3. The van der Waals surface area contributed by atoms with E-state index in [-0.39, 0.29) is 17.8 Å². The van der Waals surface area contributed by atoms with Crippen molar-refractivity contribution in [2.45, 2.75) is 45.2 Å². The SMILES string of the molecule is CC(C)(C)c1nc(CN2C(=O)N[C@@](C)(c3ccco3)C2=O)no1. The Hall–Kier alpha value is -2.64. The van der Waals surface area contributed by atoms with E-state index >= 15 is 0 Å². The molecule has 0 aromatic carbocycles. The minimum absolute atomic E-state index is 0.0550. The average molecular weight is 318 g/mol. The Balaban J connectivity index is 1.83. The molecule has 1 N–H and O–H groups in total. The summed E-state index contributed by atoms with van der Waals surface area (Å²) >= 11 is 0. The fourth-order valence-corrected chi connectivity index (χ4v) is 2.33. The van der Waals surface area contributed by atoms with E-state index in [9.17, 15) is 9.59 Å². The van der Waals surface area contributed by atoms with Gasteiger partial charge in [0.05, 0.1) is 12.8 Å². The Morgan fingerprint density at radius 1 is 1.35 bits per heavy atom. The summed E-state index contributed by atoms with van der Waals surface area (Å²) in [5.74, 6) is 0.692. The molecule has 122 valence electrons. The topological polar surface area (TPSA) is 101 Å². The monoisotopic (exact) mass is 318 g/mol. The second kappa shape index (κ2) is 4.94. The van der Waals surface area contributed by atoms with Gasteiger partial charge in [-0.3, -0.25) is 9.69 Å². The maximum absolute atomic E-state index is 12.6. The number of imide groups is 1. The summed E-state index contributed by atoms with van der Waals surface area (Å²) in [6.45, 7) is 7.35. The van der Waals surface area contributed by atoms with Crippen molar-refractivity contribution in [1.82, 2.24) is 20.4 Å². The van der Waals surface area contributed by atoms with E-state index in [1.807, 2.05) is 20.8 Å². The van der Waals surface area contributed by atoms with Gasteiger partial charge in [-0.1, -0.05) is 25.9 Å². The Morgan fingerprint density at radius 2 is 2.09 bits per heavy atom. The van der Waals surface area contributed by atoms with Gasteiger partial charge in [-0.15, -0.1) is 0 Å². The molecule has 1 aliphatic heterocycles. The van der Waals surface area contributed by atoms with Crippen LogP contribution in [0.15, 0.2) is 27.3 Å². The van der Waals surface area contributed by atoms with Crippen LogP contribution in [0.5, 0.6) is 0 Å². The van der Waals surface area contributed by atoms with Gasteiger partial charge < -0.3 is 14.3 Å². The van der Waals surface area contributed by atoms with Crippen molar-refractivity contribution < 1.29 is 18.5 Å². The van der Waals surface area contributed by atoms with Gasteiger partial charge in [-0.05, 0) is 19.1 Å². The lowest BCUT2D eigenvalue weighted by Gasteiger charge is -2.18. The molecule has 2 aromatic heterocycles. The molecule has 0 unspecified atom stereocenters. The number of furan rings is 1. The lowest BCUT2D eigenvalue weighted by atomic mass is 9.97. The van der Waals surface area contributed by atoms with Gasteiger partial charge in [0.25, 0.3) is 5.91 Å². The maximum Gasteiger partial charge on any atom is 0.325 e. The maximum atomic E-state index is 12.6. The van der Waals surface area contributed by atoms with Crippen molar-refractivity contribution in [1.29, 1.82) is 0 Å². The molecule has 8 heteroatoms. The summed E-state index contributed by atoms with van der Waals surface area (Å²) in [7, 11) is 0. The van der Waals surface area contributed by atoms with Gasteiger partial charge >= 0.3 is 6.03 Å². The van der Waals surface area contributed by atoms with Crippen LogP contribution in [0, 0.1) is 0 Å². The number of nitrogens with one attached hydrogen (secondary N) is 1. The fourth-order valence-electron chi connectivity index (χ4n) is 2.33. The smallest absolute Gasteiger partial charge is 0.325 e. The van der Waals surface area contributed by atoms with Crippen LogP contribution in [-0.2, 0) is 22.3 Å². The first-order valence-corrected chi connectivity index (χ1v) is 7.23. The number of amides is 3. The number of hydrogen-bond donors (Lipinski definition) is 1. The van der Waals surface area contributed by atoms with Crippen molar-refractivity contribution in [2.75, 3.05) is 0 Å². The Kier molecular flexibility index (Phi) is 3.28. The predicted molar refractivity (Wildman–Crippen MR) is 78.1 cm³/mol. The van der Waals surface area contributed by atoms with Crippen LogP contribution in [0.3, 0.4) is 0 Å². The highest BCUT2D eigenvalue weighted by molar-refractivity contribution is 6.06. The third kappa shape index (κ3) is 2.49. The lowest BCUT2D eigenvalue weighted by molar-refractivity contribution is -0.132. The molecule has 1 atom stereocenters. The standard InChI is InChI=1S/C15H18N4O4/c1-14(2,3)11-16-10(18-23-11)8-19-12(20)15(4,17-13(19)21)9-6-5-7-22-9/h5-7H,8H2,1-4H3,(H,17,21)/t15-/m0/s1. The van der Waals surface area contributed by atoms with Gasteiger partial charge in [-0.25, -0.2) is 4.79 Å². The highest BCUT2D eigenvalue weighted by Gasteiger charge is 2.51. The highest BCUT2D eigenvalue weighted by Crippen LogP contribution is 2.30. The lowest BCUT2D eigenvalue weighted by Crippen LogP contribution is -2.40. The number of aromatic nitrogens is 2. The summed E-state index contributed by atoms with van der Waals surface area (Å²) < 4.78 is 10.5. The number of carbonyl (C=O) groups excluding carboxylic acids is 2. The molecule has 23 heavy (non-hydrogen) atoms. The minimum Gasteiger partial charge on any atom is -0.466 e. The summed E-state index contributed by atoms with van der Waals surface area (Å²) in [6, 6.07) is 2.79. The first kappa shape index (κ1) is 15.3. The van der Waals surface area contributed by atoms with Crippen LogP contribution in [-0.4, -0.2) is 27.0 Å². The van der Waals surface area contributed by atoms with E-state index in [0.717, 1.165) is 4.90 Å². The number of hydrogen-bond acceptors (Lipinski definition) is 6. The minimum atomic E-state index is -1.23. The van der Waals surface area contributed by atoms with Crippen LogP contribution < -0.4 is 5.32 Å². The fraction of sp³-hybridized carbons (Fsp3) is 0.467. The zero-order valence-electron chi connectivity index (χ0n) is 13.4. The van der Waals surface area contributed by atoms with E-state index < -0.39 is 17.5 Å². The first-order valence-electron chi connectivity index (χ1n) is 7.23. The normalized spacial score (nSPS) is 21.8. The first-order chi connectivity index (χ1) is 10.7. The quantitative estimate of drug-likeness (QED) is 0.868. The van der Waals surface area contributed by atoms with Crippen molar-refractivity contribution in [3.63, 3.8) is 0 Å². The molecule has 1 fully saturated rings. The van der Waals surface area contributed by atoms with E-state index in [1.54, 1.807) is 19.1 Å². The summed E-state index contributed by atoms with van der Waals surface area (Å²) in [5.41, 5.74) is -1.53. The van der Waals surface area contributed by atoms with Crippen LogP contribution in [0.4, 0.5) is 4.79 Å². The van der Waals surface area contributed by atoms with Gasteiger partial charge in [0.2, 0.25) is 5.89 Å². The van der Waals surface area contributed by atoms with Crippen LogP contribution in [0.25, 0.3) is 0 Å². The second-order valence-corrected chi connectivity index (χ2v) is 6.69. The molecule has 0 bridgehead atoms. The Labute approximate surface area is 132 Å².